The van der Waals surface area contributed by atoms with E-state index in [1.54, 1.807) is 25.2 Å². The number of pyridine rings is 1. The van der Waals surface area contributed by atoms with Gasteiger partial charge in [0.1, 0.15) is 17.3 Å². The molecule has 1 heterocycles. The minimum absolute atomic E-state index is 0.106. The smallest absolute Gasteiger partial charge is 0.387 e. The van der Waals surface area contributed by atoms with E-state index in [1.807, 2.05) is 0 Å². The van der Waals surface area contributed by atoms with Gasteiger partial charge in [-0.05, 0) is 24.3 Å². The van der Waals surface area contributed by atoms with Crippen molar-refractivity contribution < 1.29 is 18.3 Å². The third kappa shape index (κ3) is 3.88. The first-order chi connectivity index (χ1) is 10.1. The summed E-state index contributed by atoms with van der Waals surface area (Å²) in [5, 5.41) is 5.30. The maximum atomic E-state index is 12.3. The molecule has 0 aliphatic heterocycles. The quantitative estimate of drug-likeness (QED) is 0.889. The number of ether oxygens (including phenoxy) is 1. The van der Waals surface area contributed by atoms with Crippen LogP contribution < -0.4 is 15.4 Å². The number of nitrogens with one attached hydrogen (secondary N) is 2. The highest BCUT2D eigenvalue weighted by molar-refractivity contribution is 6.03. The largest absolute Gasteiger partial charge is 0.433 e. The molecule has 0 spiro atoms. The third-order valence-corrected chi connectivity index (χ3v) is 2.59. The number of amides is 1. The molecule has 1 aromatic heterocycles. The minimum Gasteiger partial charge on any atom is -0.433 e. The lowest BCUT2D eigenvalue weighted by atomic mass is 10.2. The maximum absolute atomic E-state index is 12.3. The molecule has 21 heavy (non-hydrogen) atoms. The number of halogens is 2. The highest BCUT2D eigenvalue weighted by Crippen LogP contribution is 2.25. The molecule has 7 heteroatoms. The van der Waals surface area contributed by atoms with Crippen LogP contribution in [0.15, 0.2) is 42.5 Å². The first kappa shape index (κ1) is 14.7. The number of nitrogens with zero attached hydrogens (tertiary/aromatic N) is 1. The number of rotatable bonds is 5. The summed E-state index contributed by atoms with van der Waals surface area (Å²) in [5.41, 5.74) is 0.313. The number of alkyl halides is 2. The molecule has 1 aromatic carbocycles. The zero-order valence-corrected chi connectivity index (χ0v) is 11.1. The van der Waals surface area contributed by atoms with Gasteiger partial charge in [-0.2, -0.15) is 8.78 Å². The van der Waals surface area contributed by atoms with Crippen LogP contribution in [0.2, 0.25) is 0 Å². The molecule has 0 radical (unpaired) electrons. The van der Waals surface area contributed by atoms with Gasteiger partial charge in [-0.1, -0.05) is 18.2 Å². The molecule has 5 nitrogen and oxygen atoms in total. The first-order valence-electron chi connectivity index (χ1n) is 6.10. The van der Waals surface area contributed by atoms with Crippen molar-refractivity contribution in [3.8, 4) is 5.75 Å². The summed E-state index contributed by atoms with van der Waals surface area (Å²) < 4.78 is 29.0. The Kier molecular flexibility index (Phi) is 4.65. The van der Waals surface area contributed by atoms with Crippen molar-refractivity contribution in [1.82, 2.24) is 4.98 Å². The molecule has 1 amide bonds. The van der Waals surface area contributed by atoms with Gasteiger partial charge in [0, 0.05) is 7.05 Å². The predicted octanol–water partition coefficient (Wildman–Crippen LogP) is 2.98. The lowest BCUT2D eigenvalue weighted by Gasteiger charge is -2.11. The Labute approximate surface area is 120 Å². The van der Waals surface area contributed by atoms with Crippen molar-refractivity contribution in [3.63, 3.8) is 0 Å². The molecule has 0 saturated carbocycles. The second-order valence-electron chi connectivity index (χ2n) is 3.99. The van der Waals surface area contributed by atoms with Crippen LogP contribution in [-0.2, 0) is 0 Å². The fourth-order valence-electron chi connectivity index (χ4n) is 1.66. The minimum atomic E-state index is -2.96. The monoisotopic (exact) mass is 293 g/mol. The van der Waals surface area contributed by atoms with E-state index in [0.717, 1.165) is 0 Å². The van der Waals surface area contributed by atoms with E-state index in [2.05, 4.69) is 20.4 Å². The summed E-state index contributed by atoms with van der Waals surface area (Å²) in [6.07, 6.45) is 0. The van der Waals surface area contributed by atoms with Gasteiger partial charge < -0.3 is 15.4 Å². The molecule has 0 aliphatic rings. The molecule has 0 aliphatic carbocycles. The zero-order chi connectivity index (χ0) is 15.2. The summed E-state index contributed by atoms with van der Waals surface area (Å²) in [4.78, 5) is 16.1. The SMILES string of the molecule is CNc1cccc(C(=O)Nc2ccccc2OC(F)F)n1. The van der Waals surface area contributed by atoms with Gasteiger partial charge in [0.05, 0.1) is 5.69 Å². The number of carbonyl (C=O) groups excluding carboxylic acids is 1. The van der Waals surface area contributed by atoms with Crippen LogP contribution in [0.4, 0.5) is 20.3 Å². The number of para-hydroxylation sites is 2. The highest BCUT2D eigenvalue weighted by Gasteiger charge is 2.13. The summed E-state index contributed by atoms with van der Waals surface area (Å²) in [7, 11) is 1.68. The topological polar surface area (TPSA) is 63.2 Å². The molecule has 110 valence electrons. The Balaban J connectivity index is 2.19. The van der Waals surface area contributed by atoms with Gasteiger partial charge in [-0.15, -0.1) is 0 Å². The number of aromatic nitrogens is 1. The fraction of sp³-hybridized carbons (Fsp3) is 0.143. The molecule has 0 atom stereocenters. The standard InChI is InChI=1S/C14H13F2N3O2/c1-17-12-8-4-6-10(18-12)13(20)19-9-5-2-3-7-11(9)21-14(15)16/h2-8,14H,1H3,(H,17,18)(H,19,20). The van der Waals surface area contributed by atoms with Gasteiger partial charge in [-0.25, -0.2) is 4.98 Å². The lowest BCUT2D eigenvalue weighted by Crippen LogP contribution is -2.15. The summed E-state index contributed by atoms with van der Waals surface area (Å²) >= 11 is 0. The van der Waals surface area contributed by atoms with Crippen LogP contribution >= 0.6 is 0 Å². The number of carbonyl (C=O) groups is 1. The Hall–Kier alpha value is -2.70. The van der Waals surface area contributed by atoms with E-state index < -0.39 is 12.5 Å². The van der Waals surface area contributed by atoms with Gasteiger partial charge in [0.15, 0.2) is 0 Å². The van der Waals surface area contributed by atoms with Crippen molar-refractivity contribution in [3.05, 3.63) is 48.2 Å². The van der Waals surface area contributed by atoms with Crippen LogP contribution in [0.1, 0.15) is 10.5 Å². The Bertz CT molecular complexity index is 635. The van der Waals surface area contributed by atoms with Crippen molar-refractivity contribution >= 4 is 17.4 Å². The number of hydrogen-bond acceptors (Lipinski definition) is 4. The van der Waals surface area contributed by atoms with Crippen molar-refractivity contribution in [1.29, 1.82) is 0 Å². The molecule has 0 bridgehead atoms. The van der Waals surface area contributed by atoms with E-state index in [0.29, 0.717) is 5.82 Å². The maximum Gasteiger partial charge on any atom is 0.387 e. The Morgan fingerprint density at radius 1 is 1.19 bits per heavy atom. The molecule has 0 unspecified atom stereocenters. The average molecular weight is 293 g/mol. The normalized spacial score (nSPS) is 10.3. The van der Waals surface area contributed by atoms with Crippen LogP contribution in [0.5, 0.6) is 5.75 Å². The van der Waals surface area contributed by atoms with E-state index in [-0.39, 0.29) is 17.1 Å². The Morgan fingerprint density at radius 3 is 2.67 bits per heavy atom. The molecular formula is C14H13F2N3O2. The van der Waals surface area contributed by atoms with Gasteiger partial charge in [0.25, 0.3) is 5.91 Å². The molecule has 2 rings (SSSR count). The second-order valence-corrected chi connectivity index (χ2v) is 3.99. The number of benzene rings is 1. The summed E-state index contributed by atoms with van der Waals surface area (Å²) in [6.45, 7) is -2.96. The molecular weight excluding hydrogens is 280 g/mol. The van der Waals surface area contributed by atoms with Gasteiger partial charge in [-0.3, -0.25) is 4.79 Å². The van der Waals surface area contributed by atoms with Crippen LogP contribution in [0.3, 0.4) is 0 Å². The van der Waals surface area contributed by atoms with Crippen molar-refractivity contribution in [2.75, 3.05) is 17.7 Å². The lowest BCUT2D eigenvalue weighted by molar-refractivity contribution is -0.0493. The van der Waals surface area contributed by atoms with E-state index in [1.165, 1.54) is 24.3 Å². The van der Waals surface area contributed by atoms with Crippen LogP contribution in [0, 0.1) is 0 Å². The van der Waals surface area contributed by atoms with Crippen molar-refractivity contribution in [2.24, 2.45) is 0 Å². The Morgan fingerprint density at radius 2 is 1.95 bits per heavy atom. The highest BCUT2D eigenvalue weighted by atomic mass is 19.3. The second kappa shape index (κ2) is 6.65. The molecule has 0 saturated heterocycles. The first-order valence-corrected chi connectivity index (χ1v) is 6.10. The molecule has 0 fully saturated rings. The number of hydrogen-bond donors (Lipinski definition) is 2. The van der Waals surface area contributed by atoms with Crippen LogP contribution in [-0.4, -0.2) is 24.6 Å². The van der Waals surface area contributed by atoms with Crippen molar-refractivity contribution in [2.45, 2.75) is 6.61 Å². The fourth-order valence-corrected chi connectivity index (χ4v) is 1.66. The summed E-state index contributed by atoms with van der Waals surface area (Å²) in [5.74, 6) is -0.0946. The van der Waals surface area contributed by atoms with Gasteiger partial charge >= 0.3 is 6.61 Å². The average Bonchev–Trinajstić information content (AvgIpc) is 2.48. The molecule has 2 N–H and O–H groups in total. The van der Waals surface area contributed by atoms with Gasteiger partial charge in [0.2, 0.25) is 0 Å². The van der Waals surface area contributed by atoms with E-state index in [4.69, 9.17) is 0 Å². The zero-order valence-electron chi connectivity index (χ0n) is 11.1. The van der Waals surface area contributed by atoms with E-state index in [9.17, 15) is 13.6 Å². The number of anilines is 2. The third-order valence-electron chi connectivity index (χ3n) is 2.59. The van der Waals surface area contributed by atoms with Crippen LogP contribution in [0.25, 0.3) is 0 Å². The van der Waals surface area contributed by atoms with E-state index >= 15 is 0 Å². The predicted molar refractivity (Wildman–Crippen MR) is 74.8 cm³/mol. The molecule has 2 aromatic rings. The summed E-state index contributed by atoms with van der Waals surface area (Å²) in [6, 6.07) is 10.8.